The number of likely N-dealkylation sites (tertiary alicyclic amines) is 1. The van der Waals surface area contributed by atoms with Gasteiger partial charge in [0.1, 0.15) is 0 Å². The van der Waals surface area contributed by atoms with Gasteiger partial charge in [-0.25, -0.2) is 4.79 Å². The normalized spacial score (nSPS) is 19.3. The largest absolute Gasteiger partial charge is 0.351 e. The third-order valence-corrected chi connectivity index (χ3v) is 3.96. The number of urea groups is 1. The fourth-order valence-corrected chi connectivity index (χ4v) is 2.59. The summed E-state index contributed by atoms with van der Waals surface area (Å²) < 4.78 is 0. The second-order valence-electron chi connectivity index (χ2n) is 5.87. The predicted octanol–water partition coefficient (Wildman–Crippen LogP) is 1.44. The number of benzene rings is 1. The van der Waals surface area contributed by atoms with Crippen LogP contribution in [-0.2, 0) is 11.2 Å². The Morgan fingerprint density at radius 1 is 1.38 bits per heavy atom. The van der Waals surface area contributed by atoms with Crippen LogP contribution in [0.25, 0.3) is 0 Å². The quantitative estimate of drug-likeness (QED) is 0.880. The molecule has 0 spiro atoms. The summed E-state index contributed by atoms with van der Waals surface area (Å²) in [5.41, 5.74) is 7.62. The second-order valence-corrected chi connectivity index (χ2v) is 5.87. The summed E-state index contributed by atoms with van der Waals surface area (Å²) in [5, 5.41) is 3.01. The number of aryl methyl sites for hydroxylation is 1. The Hall–Kier alpha value is -2.04. The minimum absolute atomic E-state index is 0.0190. The van der Waals surface area contributed by atoms with Gasteiger partial charge in [-0.2, -0.15) is 0 Å². The third kappa shape index (κ3) is 4.21. The van der Waals surface area contributed by atoms with Crippen LogP contribution in [0.1, 0.15) is 24.5 Å². The average molecular weight is 289 g/mol. The highest BCUT2D eigenvalue weighted by atomic mass is 16.2. The van der Waals surface area contributed by atoms with Gasteiger partial charge >= 0.3 is 6.03 Å². The van der Waals surface area contributed by atoms with E-state index in [1.807, 2.05) is 13.8 Å². The number of carbonyl (C=O) groups excluding carboxylic acids is 2. The number of nitrogens with one attached hydrogen (secondary N) is 1. The highest BCUT2D eigenvalue weighted by Gasteiger charge is 2.27. The van der Waals surface area contributed by atoms with Crippen molar-refractivity contribution in [2.45, 2.75) is 32.7 Å². The van der Waals surface area contributed by atoms with Crippen LogP contribution in [0.3, 0.4) is 0 Å². The first-order valence-electron chi connectivity index (χ1n) is 7.36. The smallest absolute Gasteiger partial charge is 0.314 e. The summed E-state index contributed by atoms with van der Waals surface area (Å²) >= 11 is 0. The second kappa shape index (κ2) is 6.61. The Morgan fingerprint density at radius 2 is 2.05 bits per heavy atom. The van der Waals surface area contributed by atoms with E-state index in [4.69, 9.17) is 5.73 Å². The first kappa shape index (κ1) is 15.4. The summed E-state index contributed by atoms with van der Waals surface area (Å²) in [6.07, 6.45) is 1.49. The molecule has 3 amide bonds. The highest BCUT2D eigenvalue weighted by Crippen LogP contribution is 2.13. The molecule has 0 aromatic heterocycles. The van der Waals surface area contributed by atoms with E-state index in [1.165, 1.54) is 5.56 Å². The van der Waals surface area contributed by atoms with Crippen LogP contribution in [0, 0.1) is 12.8 Å². The molecule has 2 rings (SSSR count). The molecule has 1 aliphatic rings. The molecule has 1 aromatic rings. The van der Waals surface area contributed by atoms with Gasteiger partial charge in [0, 0.05) is 25.0 Å². The number of nitrogens with zero attached hydrogens (tertiary/aromatic N) is 1. The summed E-state index contributed by atoms with van der Waals surface area (Å²) in [4.78, 5) is 24.8. The molecule has 21 heavy (non-hydrogen) atoms. The van der Waals surface area contributed by atoms with Crippen LogP contribution >= 0.6 is 0 Å². The lowest BCUT2D eigenvalue weighted by Crippen LogP contribution is -2.42. The van der Waals surface area contributed by atoms with Crippen molar-refractivity contribution in [1.82, 2.24) is 10.2 Å². The van der Waals surface area contributed by atoms with Gasteiger partial charge in [0.15, 0.2) is 0 Å². The average Bonchev–Trinajstić information content (AvgIpc) is 2.90. The van der Waals surface area contributed by atoms with Gasteiger partial charge < -0.3 is 16.0 Å². The van der Waals surface area contributed by atoms with E-state index in [-0.39, 0.29) is 17.9 Å². The minimum Gasteiger partial charge on any atom is -0.351 e. The topological polar surface area (TPSA) is 75.4 Å². The maximum Gasteiger partial charge on any atom is 0.314 e. The Kier molecular flexibility index (Phi) is 4.83. The van der Waals surface area contributed by atoms with Crippen molar-refractivity contribution in [3.8, 4) is 0 Å². The summed E-state index contributed by atoms with van der Waals surface area (Å²) in [6, 6.07) is 7.83. The number of rotatable bonds is 4. The lowest BCUT2D eigenvalue weighted by Gasteiger charge is -2.17. The van der Waals surface area contributed by atoms with Crippen molar-refractivity contribution < 1.29 is 9.59 Å². The molecule has 5 heteroatoms. The molecule has 2 atom stereocenters. The molecule has 1 fully saturated rings. The molecule has 0 saturated carbocycles. The van der Waals surface area contributed by atoms with Crippen LogP contribution in [0.4, 0.5) is 4.79 Å². The minimum atomic E-state index is -0.417. The first-order chi connectivity index (χ1) is 9.95. The van der Waals surface area contributed by atoms with Gasteiger partial charge in [-0.05, 0) is 25.3 Å². The van der Waals surface area contributed by atoms with Crippen molar-refractivity contribution in [2.24, 2.45) is 11.7 Å². The van der Waals surface area contributed by atoms with Crippen LogP contribution in [-0.4, -0.2) is 36.0 Å². The zero-order chi connectivity index (χ0) is 15.4. The number of hydrogen-bond donors (Lipinski definition) is 2. The fraction of sp³-hybridized carbons (Fsp3) is 0.500. The van der Waals surface area contributed by atoms with E-state index < -0.39 is 6.03 Å². The van der Waals surface area contributed by atoms with Gasteiger partial charge in [0.05, 0.1) is 0 Å². The molecule has 1 aromatic carbocycles. The first-order valence-corrected chi connectivity index (χ1v) is 7.36. The Balaban J connectivity index is 1.83. The summed E-state index contributed by atoms with van der Waals surface area (Å²) in [7, 11) is 0. The van der Waals surface area contributed by atoms with Crippen molar-refractivity contribution in [3.63, 3.8) is 0 Å². The van der Waals surface area contributed by atoms with Gasteiger partial charge in [0.25, 0.3) is 0 Å². The molecule has 114 valence electrons. The maximum absolute atomic E-state index is 12.2. The highest BCUT2D eigenvalue weighted by molar-refractivity contribution is 5.79. The molecule has 0 radical (unpaired) electrons. The van der Waals surface area contributed by atoms with E-state index in [1.54, 1.807) is 4.90 Å². The van der Waals surface area contributed by atoms with Crippen LogP contribution in [0.5, 0.6) is 0 Å². The zero-order valence-electron chi connectivity index (χ0n) is 12.6. The molecule has 1 aliphatic heterocycles. The molecule has 3 N–H and O–H groups in total. The maximum atomic E-state index is 12.2. The fourth-order valence-electron chi connectivity index (χ4n) is 2.59. The number of carbonyl (C=O) groups is 2. The van der Waals surface area contributed by atoms with Crippen LogP contribution < -0.4 is 11.1 Å². The number of hydrogen-bond acceptors (Lipinski definition) is 2. The lowest BCUT2D eigenvalue weighted by atomic mass is 9.99. The SMILES string of the molecule is Cc1ccc(CC(C)C(=O)NC2CCN(C(N)=O)C2)cc1. The molecule has 0 bridgehead atoms. The summed E-state index contributed by atoms with van der Waals surface area (Å²) in [6.45, 7) is 5.10. The van der Waals surface area contributed by atoms with E-state index >= 15 is 0 Å². The monoisotopic (exact) mass is 289 g/mol. The molecule has 5 nitrogen and oxygen atoms in total. The molecule has 1 saturated heterocycles. The van der Waals surface area contributed by atoms with Crippen molar-refractivity contribution in [1.29, 1.82) is 0 Å². The zero-order valence-corrected chi connectivity index (χ0v) is 12.6. The predicted molar refractivity (Wildman–Crippen MR) is 81.8 cm³/mol. The Bertz CT molecular complexity index is 513. The van der Waals surface area contributed by atoms with Crippen LogP contribution in [0.15, 0.2) is 24.3 Å². The lowest BCUT2D eigenvalue weighted by molar-refractivity contribution is -0.125. The molecule has 0 aliphatic carbocycles. The van der Waals surface area contributed by atoms with Crippen molar-refractivity contribution in [3.05, 3.63) is 35.4 Å². The standard InChI is InChI=1S/C16H23N3O2/c1-11-3-5-13(6-4-11)9-12(2)15(20)18-14-7-8-19(10-14)16(17)21/h3-6,12,14H,7-10H2,1-2H3,(H2,17,21)(H,18,20). The number of amides is 3. The van der Waals surface area contributed by atoms with Gasteiger partial charge in [-0.3, -0.25) is 4.79 Å². The van der Waals surface area contributed by atoms with E-state index in [0.717, 1.165) is 18.4 Å². The Labute approximate surface area is 125 Å². The molecule has 1 heterocycles. The van der Waals surface area contributed by atoms with Crippen molar-refractivity contribution in [2.75, 3.05) is 13.1 Å². The molecule has 2 unspecified atom stereocenters. The number of primary amides is 1. The third-order valence-electron chi connectivity index (χ3n) is 3.96. The summed E-state index contributed by atoms with van der Waals surface area (Å²) in [5.74, 6) is -0.0535. The Morgan fingerprint density at radius 3 is 2.62 bits per heavy atom. The van der Waals surface area contributed by atoms with Gasteiger partial charge in [-0.1, -0.05) is 36.8 Å². The molecular formula is C16H23N3O2. The van der Waals surface area contributed by atoms with Gasteiger partial charge in [-0.15, -0.1) is 0 Å². The number of nitrogens with two attached hydrogens (primary N) is 1. The van der Waals surface area contributed by atoms with E-state index in [9.17, 15) is 9.59 Å². The molecular weight excluding hydrogens is 266 g/mol. The van der Waals surface area contributed by atoms with Gasteiger partial charge in [0.2, 0.25) is 5.91 Å². The van der Waals surface area contributed by atoms with Crippen LogP contribution in [0.2, 0.25) is 0 Å². The van der Waals surface area contributed by atoms with Crippen molar-refractivity contribution >= 4 is 11.9 Å². The van der Waals surface area contributed by atoms with E-state index in [0.29, 0.717) is 13.1 Å². The van der Waals surface area contributed by atoms with E-state index in [2.05, 4.69) is 29.6 Å².